The summed E-state index contributed by atoms with van der Waals surface area (Å²) in [7, 11) is 1.87. The van der Waals surface area contributed by atoms with E-state index < -0.39 is 5.91 Å². The lowest BCUT2D eigenvalue weighted by atomic mass is 10.0. The van der Waals surface area contributed by atoms with Crippen molar-refractivity contribution in [1.82, 2.24) is 20.2 Å². The summed E-state index contributed by atoms with van der Waals surface area (Å²) >= 11 is 0. The van der Waals surface area contributed by atoms with Crippen LogP contribution in [0.4, 0.5) is 4.79 Å². The van der Waals surface area contributed by atoms with Crippen LogP contribution in [-0.2, 0) is 6.54 Å². The number of hydrogen-bond donors (Lipinski definition) is 2. The van der Waals surface area contributed by atoms with Crippen LogP contribution in [0, 0.1) is 0 Å². The van der Waals surface area contributed by atoms with Crippen LogP contribution in [0.3, 0.4) is 0 Å². The summed E-state index contributed by atoms with van der Waals surface area (Å²) in [5.74, 6) is -0.569. The molecule has 2 aromatic rings. The Morgan fingerprint density at radius 3 is 2.59 bits per heavy atom. The summed E-state index contributed by atoms with van der Waals surface area (Å²) in [6.07, 6.45) is 3.48. The molecule has 8 nitrogen and oxygen atoms in total. The van der Waals surface area contributed by atoms with Gasteiger partial charge in [0.2, 0.25) is 0 Å². The zero-order valence-electron chi connectivity index (χ0n) is 18.2. The second kappa shape index (κ2) is 9.93. The van der Waals surface area contributed by atoms with E-state index in [4.69, 9.17) is 5.21 Å². The number of nitrogens with one attached hydrogen (secondary N) is 1. The number of carbonyl (C=O) groups is 2. The number of urea groups is 1. The molecule has 4 rings (SSSR count). The van der Waals surface area contributed by atoms with E-state index in [0.717, 1.165) is 38.0 Å². The molecule has 1 fully saturated rings. The molecule has 2 N–H and O–H groups in total. The van der Waals surface area contributed by atoms with Crippen LogP contribution in [0.25, 0.3) is 0 Å². The fourth-order valence-corrected chi connectivity index (χ4v) is 4.38. The maximum atomic E-state index is 13.1. The normalized spacial score (nSPS) is 19.2. The summed E-state index contributed by atoms with van der Waals surface area (Å²) in [5, 5.41) is 8.84. The van der Waals surface area contributed by atoms with Gasteiger partial charge in [-0.05, 0) is 36.1 Å². The number of hydroxylamine groups is 1. The summed E-state index contributed by atoms with van der Waals surface area (Å²) in [6.45, 7) is 3.31. The molecule has 0 bridgehead atoms. The quantitative estimate of drug-likeness (QED) is 0.558. The minimum Gasteiger partial charge on any atom is -0.324 e. The van der Waals surface area contributed by atoms with Crippen molar-refractivity contribution < 1.29 is 14.8 Å². The molecule has 0 aliphatic carbocycles. The standard InChI is InChI=1S/C24H29N5O3/c1-27(21-10-12-28(13-11-21)15-18-6-3-2-4-7-18)24(31)29-16-22(25-17-29)19-8-5-9-20(14-19)23(30)26-32/h2-9,14,17,21-22,32H,10-13,15-16H2,1H3,(H,26,30). The monoisotopic (exact) mass is 435 g/mol. The van der Waals surface area contributed by atoms with Crippen molar-refractivity contribution in [1.29, 1.82) is 0 Å². The third kappa shape index (κ3) is 4.98. The van der Waals surface area contributed by atoms with E-state index in [2.05, 4.69) is 34.2 Å². The predicted molar refractivity (Wildman–Crippen MR) is 122 cm³/mol. The number of hydrogen-bond acceptors (Lipinski definition) is 5. The van der Waals surface area contributed by atoms with Crippen LogP contribution in [0.2, 0.25) is 0 Å². The van der Waals surface area contributed by atoms with Gasteiger partial charge in [0.15, 0.2) is 0 Å². The van der Waals surface area contributed by atoms with Gasteiger partial charge in [0.1, 0.15) is 0 Å². The largest absolute Gasteiger partial charge is 0.325 e. The van der Waals surface area contributed by atoms with Crippen LogP contribution >= 0.6 is 0 Å². The molecule has 1 atom stereocenters. The lowest BCUT2D eigenvalue weighted by Gasteiger charge is -2.37. The van der Waals surface area contributed by atoms with Crippen molar-refractivity contribution in [3.8, 4) is 0 Å². The molecule has 8 heteroatoms. The number of rotatable bonds is 5. The minimum atomic E-state index is -0.569. The Labute approximate surface area is 188 Å². The second-order valence-corrected chi connectivity index (χ2v) is 8.39. The molecule has 2 aliphatic rings. The molecule has 3 amide bonds. The smallest absolute Gasteiger partial charge is 0.324 e. The molecule has 0 saturated carbocycles. The average Bonchev–Trinajstić information content (AvgIpc) is 3.34. The Balaban J connectivity index is 1.30. The number of piperidine rings is 1. The van der Waals surface area contributed by atoms with Crippen molar-refractivity contribution >= 4 is 18.3 Å². The van der Waals surface area contributed by atoms with Gasteiger partial charge in [-0.15, -0.1) is 0 Å². The molecule has 0 spiro atoms. The Bertz CT molecular complexity index is 973. The van der Waals surface area contributed by atoms with Gasteiger partial charge in [0, 0.05) is 38.3 Å². The summed E-state index contributed by atoms with van der Waals surface area (Å²) in [6, 6.07) is 17.3. The van der Waals surface area contributed by atoms with Crippen LogP contribution in [0.1, 0.15) is 40.4 Å². The molecule has 2 heterocycles. The molecule has 1 saturated heterocycles. The van der Waals surface area contributed by atoms with Crippen LogP contribution in [0.5, 0.6) is 0 Å². The summed E-state index contributed by atoms with van der Waals surface area (Å²) < 4.78 is 0. The van der Waals surface area contributed by atoms with E-state index in [1.165, 1.54) is 5.56 Å². The van der Waals surface area contributed by atoms with Gasteiger partial charge in [-0.2, -0.15) is 0 Å². The zero-order valence-corrected chi connectivity index (χ0v) is 18.2. The van der Waals surface area contributed by atoms with Gasteiger partial charge in [-0.1, -0.05) is 42.5 Å². The fraction of sp³-hybridized carbons (Fsp3) is 0.375. The highest BCUT2D eigenvalue weighted by atomic mass is 16.5. The van der Waals surface area contributed by atoms with Gasteiger partial charge in [-0.25, -0.2) is 10.3 Å². The molecular formula is C24H29N5O3. The first-order valence-corrected chi connectivity index (χ1v) is 10.9. The highest BCUT2D eigenvalue weighted by Crippen LogP contribution is 2.25. The highest BCUT2D eigenvalue weighted by molar-refractivity contribution is 5.93. The van der Waals surface area contributed by atoms with Gasteiger partial charge < -0.3 is 4.90 Å². The van der Waals surface area contributed by atoms with Crippen LogP contribution in [-0.4, -0.2) is 70.9 Å². The number of nitrogens with zero attached hydrogens (tertiary/aromatic N) is 4. The predicted octanol–water partition coefficient (Wildman–Crippen LogP) is 2.91. The van der Waals surface area contributed by atoms with Gasteiger partial charge in [0.25, 0.3) is 5.91 Å². The molecule has 2 aromatic carbocycles. The van der Waals surface area contributed by atoms with E-state index in [1.54, 1.807) is 34.9 Å². The highest BCUT2D eigenvalue weighted by Gasteiger charge is 2.31. The van der Waals surface area contributed by atoms with E-state index in [0.29, 0.717) is 12.1 Å². The molecular weight excluding hydrogens is 406 g/mol. The Morgan fingerprint density at radius 1 is 1.12 bits per heavy atom. The maximum absolute atomic E-state index is 13.1. The molecule has 0 radical (unpaired) electrons. The third-order valence-electron chi connectivity index (χ3n) is 6.29. The fourth-order valence-electron chi connectivity index (χ4n) is 4.38. The molecule has 168 valence electrons. The van der Waals surface area contributed by atoms with Gasteiger partial charge in [-0.3, -0.25) is 24.8 Å². The molecule has 0 aromatic heterocycles. The number of carbonyl (C=O) groups excluding carboxylic acids is 2. The number of benzene rings is 2. The molecule has 1 unspecified atom stereocenters. The van der Waals surface area contributed by atoms with Crippen molar-refractivity contribution in [2.24, 2.45) is 4.99 Å². The zero-order chi connectivity index (χ0) is 22.5. The molecule has 32 heavy (non-hydrogen) atoms. The topological polar surface area (TPSA) is 88.5 Å². The third-order valence-corrected chi connectivity index (χ3v) is 6.29. The Morgan fingerprint density at radius 2 is 1.88 bits per heavy atom. The number of aliphatic imine (C=N–C) groups is 1. The Hall–Kier alpha value is -3.23. The average molecular weight is 436 g/mol. The van der Waals surface area contributed by atoms with Crippen molar-refractivity contribution in [2.75, 3.05) is 26.7 Å². The lowest BCUT2D eigenvalue weighted by molar-refractivity contribution is 0.0706. The summed E-state index contributed by atoms with van der Waals surface area (Å²) in [5.41, 5.74) is 4.14. The van der Waals surface area contributed by atoms with E-state index in [-0.39, 0.29) is 18.1 Å². The van der Waals surface area contributed by atoms with Crippen LogP contribution < -0.4 is 5.48 Å². The van der Waals surface area contributed by atoms with Crippen molar-refractivity contribution in [3.63, 3.8) is 0 Å². The first-order chi connectivity index (χ1) is 15.5. The SMILES string of the molecule is CN(C(=O)N1C=NC(c2cccc(C(=O)NO)c2)C1)C1CCN(Cc2ccccc2)CC1. The van der Waals surface area contributed by atoms with E-state index in [1.807, 2.05) is 24.1 Å². The van der Waals surface area contributed by atoms with Crippen molar-refractivity contribution in [3.05, 3.63) is 71.3 Å². The molecule has 2 aliphatic heterocycles. The summed E-state index contributed by atoms with van der Waals surface area (Å²) in [4.78, 5) is 35.1. The first kappa shape index (κ1) is 22.0. The van der Waals surface area contributed by atoms with Crippen molar-refractivity contribution in [2.45, 2.75) is 31.5 Å². The number of amides is 3. The second-order valence-electron chi connectivity index (χ2n) is 8.39. The minimum absolute atomic E-state index is 0.0537. The van der Waals surface area contributed by atoms with E-state index >= 15 is 0 Å². The number of likely N-dealkylation sites (tertiary alicyclic amines) is 1. The van der Waals surface area contributed by atoms with Crippen LogP contribution in [0.15, 0.2) is 59.6 Å². The van der Waals surface area contributed by atoms with E-state index in [9.17, 15) is 9.59 Å². The van der Waals surface area contributed by atoms with Gasteiger partial charge in [0.05, 0.1) is 18.9 Å². The lowest BCUT2D eigenvalue weighted by Crippen LogP contribution is -2.49. The maximum Gasteiger partial charge on any atom is 0.325 e. The first-order valence-electron chi connectivity index (χ1n) is 10.9. The van der Waals surface area contributed by atoms with Gasteiger partial charge >= 0.3 is 6.03 Å². The Kier molecular flexibility index (Phi) is 6.82.